The van der Waals surface area contributed by atoms with Crippen LogP contribution < -0.4 is 4.74 Å². The third-order valence-corrected chi connectivity index (χ3v) is 5.54. The molecule has 0 bridgehead atoms. The van der Waals surface area contributed by atoms with Gasteiger partial charge in [-0.05, 0) is 43.4 Å². The maximum Gasteiger partial charge on any atom is 0.346 e. The molecule has 1 aliphatic carbocycles. The molecule has 1 unspecified atom stereocenters. The molecule has 2 aliphatic rings. The molecular formula is C19H25NO5. The molecule has 6 heteroatoms. The van der Waals surface area contributed by atoms with Gasteiger partial charge in [0.15, 0.2) is 6.10 Å². The summed E-state index contributed by atoms with van der Waals surface area (Å²) in [6, 6.07) is 7.58. The summed E-state index contributed by atoms with van der Waals surface area (Å²) in [4.78, 5) is 25.4. The Morgan fingerprint density at radius 1 is 1.36 bits per heavy atom. The minimum atomic E-state index is -0.649. The molecule has 0 amide bonds. The van der Waals surface area contributed by atoms with E-state index in [1.54, 1.807) is 6.92 Å². The second kappa shape index (κ2) is 7.04. The molecule has 3 rings (SSSR count). The Hall–Kier alpha value is -2.08. The molecule has 25 heavy (non-hydrogen) atoms. The summed E-state index contributed by atoms with van der Waals surface area (Å²) in [6.45, 7) is 3.86. The van der Waals surface area contributed by atoms with Crippen LogP contribution >= 0.6 is 0 Å². The molecule has 3 atom stereocenters. The van der Waals surface area contributed by atoms with Crippen LogP contribution in [0.2, 0.25) is 0 Å². The van der Waals surface area contributed by atoms with E-state index < -0.39 is 23.5 Å². The van der Waals surface area contributed by atoms with Gasteiger partial charge in [0, 0.05) is 19.6 Å². The lowest BCUT2D eigenvalue weighted by Gasteiger charge is -2.23. The van der Waals surface area contributed by atoms with Gasteiger partial charge in [-0.3, -0.25) is 9.69 Å². The third kappa shape index (κ3) is 3.49. The molecule has 136 valence electrons. The first-order chi connectivity index (χ1) is 11.9. The van der Waals surface area contributed by atoms with Crippen molar-refractivity contribution < 1.29 is 24.2 Å². The van der Waals surface area contributed by atoms with Gasteiger partial charge in [0.25, 0.3) is 0 Å². The second-order valence-electron chi connectivity index (χ2n) is 7.15. The molecule has 0 aromatic heterocycles. The van der Waals surface area contributed by atoms with Crippen molar-refractivity contribution >= 4 is 11.9 Å². The monoisotopic (exact) mass is 347 g/mol. The van der Waals surface area contributed by atoms with Crippen molar-refractivity contribution in [2.24, 2.45) is 11.3 Å². The van der Waals surface area contributed by atoms with E-state index in [-0.39, 0.29) is 5.92 Å². The molecule has 1 aromatic rings. The van der Waals surface area contributed by atoms with Gasteiger partial charge < -0.3 is 14.6 Å². The van der Waals surface area contributed by atoms with Crippen LogP contribution in [0.1, 0.15) is 31.7 Å². The molecule has 1 saturated carbocycles. The summed E-state index contributed by atoms with van der Waals surface area (Å²) < 4.78 is 10.2. The number of esters is 1. The first kappa shape index (κ1) is 17.7. The van der Waals surface area contributed by atoms with Gasteiger partial charge in [0.05, 0.1) is 12.5 Å². The fourth-order valence-corrected chi connectivity index (χ4v) is 4.21. The average molecular weight is 347 g/mol. The maximum atomic E-state index is 11.7. The van der Waals surface area contributed by atoms with Crippen LogP contribution in [0.25, 0.3) is 0 Å². The van der Waals surface area contributed by atoms with Crippen molar-refractivity contribution in [1.82, 2.24) is 4.90 Å². The molecule has 1 saturated heterocycles. The molecule has 0 spiro atoms. The van der Waals surface area contributed by atoms with Gasteiger partial charge in [0.2, 0.25) is 0 Å². The molecule has 6 nitrogen and oxygen atoms in total. The number of ether oxygens (including phenoxy) is 2. The zero-order valence-corrected chi connectivity index (χ0v) is 14.7. The van der Waals surface area contributed by atoms with Crippen molar-refractivity contribution in [3.05, 3.63) is 29.8 Å². The molecule has 1 aromatic carbocycles. The van der Waals surface area contributed by atoms with E-state index in [9.17, 15) is 14.7 Å². The highest BCUT2D eigenvalue weighted by Crippen LogP contribution is 2.49. The molecular weight excluding hydrogens is 322 g/mol. The van der Waals surface area contributed by atoms with E-state index in [0.717, 1.165) is 37.9 Å². The first-order valence-electron chi connectivity index (χ1n) is 8.74. The number of carboxylic acids is 1. The lowest BCUT2D eigenvalue weighted by molar-refractivity contribution is -0.149. The zero-order valence-electron chi connectivity index (χ0n) is 14.7. The number of rotatable bonds is 6. The van der Waals surface area contributed by atoms with Gasteiger partial charge >= 0.3 is 11.9 Å². The summed E-state index contributed by atoms with van der Waals surface area (Å²) in [5.74, 6) is -0.167. The lowest BCUT2D eigenvalue weighted by Crippen LogP contribution is -2.35. The van der Waals surface area contributed by atoms with Crippen LogP contribution in [-0.2, 0) is 20.9 Å². The highest BCUT2D eigenvalue weighted by atomic mass is 16.6. The molecule has 1 heterocycles. The van der Waals surface area contributed by atoms with E-state index in [1.807, 2.05) is 24.3 Å². The average Bonchev–Trinajstić information content (AvgIpc) is 3.13. The second-order valence-corrected chi connectivity index (χ2v) is 7.15. The largest absolute Gasteiger partial charge is 0.481 e. The number of carboxylic acid groups (broad SMARTS) is 1. The number of carbonyl (C=O) groups excluding carboxylic acids is 1. The first-order valence-corrected chi connectivity index (χ1v) is 8.74. The minimum absolute atomic E-state index is 0.272. The Labute approximate surface area is 147 Å². The smallest absolute Gasteiger partial charge is 0.346 e. The number of aliphatic carboxylic acids is 1. The number of likely N-dealkylation sites (tertiary alicyclic amines) is 1. The predicted octanol–water partition coefficient (Wildman–Crippen LogP) is 2.31. The fraction of sp³-hybridized carbons (Fsp3) is 0.579. The van der Waals surface area contributed by atoms with Gasteiger partial charge in [-0.2, -0.15) is 0 Å². The van der Waals surface area contributed by atoms with Crippen LogP contribution in [0.15, 0.2) is 24.3 Å². The maximum absolute atomic E-state index is 11.7. The number of fused-ring (bicyclic) bond motifs is 1. The Balaban J connectivity index is 1.59. The summed E-state index contributed by atoms with van der Waals surface area (Å²) in [7, 11) is 1.33. The van der Waals surface area contributed by atoms with Crippen molar-refractivity contribution in [3.8, 4) is 5.75 Å². The zero-order chi connectivity index (χ0) is 18.0. The van der Waals surface area contributed by atoms with E-state index in [1.165, 1.54) is 7.11 Å². The highest BCUT2D eigenvalue weighted by molar-refractivity contribution is 5.76. The van der Waals surface area contributed by atoms with Crippen LogP contribution in [0.4, 0.5) is 0 Å². The molecule has 2 fully saturated rings. The highest BCUT2D eigenvalue weighted by Gasteiger charge is 2.54. The molecule has 0 radical (unpaired) electrons. The van der Waals surface area contributed by atoms with Gasteiger partial charge in [-0.25, -0.2) is 4.79 Å². The topological polar surface area (TPSA) is 76.1 Å². The predicted molar refractivity (Wildman–Crippen MR) is 91.2 cm³/mol. The number of carbonyl (C=O) groups is 2. The van der Waals surface area contributed by atoms with E-state index in [4.69, 9.17) is 4.74 Å². The van der Waals surface area contributed by atoms with E-state index in [0.29, 0.717) is 12.3 Å². The summed E-state index contributed by atoms with van der Waals surface area (Å²) in [5.41, 5.74) is 0.567. The van der Waals surface area contributed by atoms with Crippen LogP contribution in [0, 0.1) is 11.3 Å². The van der Waals surface area contributed by atoms with Crippen molar-refractivity contribution in [3.63, 3.8) is 0 Å². The van der Waals surface area contributed by atoms with Crippen molar-refractivity contribution in [1.29, 1.82) is 0 Å². The molecule has 1 aliphatic heterocycles. The summed E-state index contributed by atoms with van der Waals surface area (Å²) >= 11 is 0. The number of methoxy groups -OCH3 is 1. The molecule has 1 N–H and O–H groups in total. The van der Waals surface area contributed by atoms with E-state index >= 15 is 0 Å². The number of hydrogen-bond donors (Lipinski definition) is 1. The Bertz CT molecular complexity index is 644. The van der Waals surface area contributed by atoms with Crippen LogP contribution in [0.3, 0.4) is 0 Å². The van der Waals surface area contributed by atoms with E-state index in [2.05, 4.69) is 9.64 Å². The lowest BCUT2D eigenvalue weighted by atomic mass is 9.81. The van der Waals surface area contributed by atoms with Crippen molar-refractivity contribution in [2.45, 2.75) is 38.8 Å². The summed E-state index contributed by atoms with van der Waals surface area (Å²) in [6.07, 6.45) is 2.18. The van der Waals surface area contributed by atoms with Crippen LogP contribution in [-0.4, -0.2) is 48.2 Å². The Kier molecular flexibility index (Phi) is 4.99. The number of benzene rings is 1. The van der Waals surface area contributed by atoms with Gasteiger partial charge in [0.1, 0.15) is 5.75 Å². The minimum Gasteiger partial charge on any atom is -0.481 e. The van der Waals surface area contributed by atoms with Gasteiger partial charge in [-0.15, -0.1) is 0 Å². The SMILES string of the molecule is COC(=O)C(C)Oc1ccc(CN2C[C@@H]3CCC[C@@]3(C(=O)O)C2)cc1. The Morgan fingerprint density at radius 2 is 2.08 bits per heavy atom. The standard InChI is InChI=1S/C19H25NO5/c1-13(17(21)24-2)25-16-7-5-14(6-8-16)10-20-11-15-4-3-9-19(15,12-20)18(22)23/h5-8,13,15H,3-4,9-12H2,1-2H3,(H,22,23)/t13?,15-,19+/m0/s1. The fourth-order valence-electron chi connectivity index (χ4n) is 4.21. The number of hydrogen-bond acceptors (Lipinski definition) is 5. The summed E-state index contributed by atoms with van der Waals surface area (Å²) in [5, 5.41) is 9.66. The van der Waals surface area contributed by atoms with Crippen LogP contribution in [0.5, 0.6) is 5.75 Å². The Morgan fingerprint density at radius 3 is 2.68 bits per heavy atom. The quantitative estimate of drug-likeness (QED) is 0.796. The van der Waals surface area contributed by atoms with Crippen molar-refractivity contribution in [2.75, 3.05) is 20.2 Å². The van der Waals surface area contributed by atoms with Gasteiger partial charge in [-0.1, -0.05) is 18.6 Å². The normalized spacial score (nSPS) is 26.9. The third-order valence-electron chi connectivity index (χ3n) is 5.54. The number of nitrogens with zero attached hydrogens (tertiary/aromatic N) is 1.